The molecule has 2 rings (SSSR count). The summed E-state index contributed by atoms with van der Waals surface area (Å²) in [6.45, 7) is 0.0222. The fourth-order valence-corrected chi connectivity index (χ4v) is 1.74. The molecule has 0 fully saturated rings. The lowest BCUT2D eigenvalue weighted by Crippen LogP contribution is -2.03. The minimum atomic E-state index is -1.26. The van der Waals surface area contributed by atoms with Crippen molar-refractivity contribution in [2.45, 2.75) is 6.54 Å². The number of halogens is 4. The van der Waals surface area contributed by atoms with Gasteiger partial charge in [0.25, 0.3) is 0 Å². The largest absolute Gasteiger partial charge is 0.508 e. The number of rotatable bonds is 3. The molecule has 0 atom stereocenters. The summed E-state index contributed by atoms with van der Waals surface area (Å²) in [5, 5.41) is 12.5. The summed E-state index contributed by atoms with van der Waals surface area (Å²) in [6, 6.07) is 5.54. The molecule has 0 heterocycles. The average molecular weight is 288 g/mol. The molecule has 0 aliphatic rings. The van der Waals surface area contributed by atoms with Crippen molar-refractivity contribution in [2.24, 2.45) is 0 Å². The molecule has 2 aromatic carbocycles. The molecule has 0 radical (unpaired) electrons. The molecular formula is C13H9ClF3NO. The fourth-order valence-electron chi connectivity index (χ4n) is 1.54. The maximum absolute atomic E-state index is 13.4. The Kier molecular flexibility index (Phi) is 3.85. The monoisotopic (exact) mass is 287 g/mol. The first kappa shape index (κ1) is 13.5. The van der Waals surface area contributed by atoms with Crippen LogP contribution in [-0.2, 0) is 6.54 Å². The molecule has 0 bridgehead atoms. The van der Waals surface area contributed by atoms with Crippen LogP contribution in [-0.4, -0.2) is 5.11 Å². The standard InChI is InChI=1S/C13H9ClF3NO/c14-8-1-2-13(19)7(3-8)6-18-12-5-10(16)9(15)4-11(12)17/h1-5,18-19H,6H2. The van der Waals surface area contributed by atoms with Gasteiger partial charge >= 0.3 is 0 Å². The Hall–Kier alpha value is -1.88. The highest BCUT2D eigenvalue weighted by Gasteiger charge is 2.10. The van der Waals surface area contributed by atoms with E-state index in [4.69, 9.17) is 11.6 Å². The van der Waals surface area contributed by atoms with Gasteiger partial charge in [-0.05, 0) is 18.2 Å². The highest BCUT2D eigenvalue weighted by molar-refractivity contribution is 6.30. The van der Waals surface area contributed by atoms with Gasteiger partial charge in [0.2, 0.25) is 0 Å². The molecule has 0 aliphatic heterocycles. The van der Waals surface area contributed by atoms with Crippen LogP contribution in [0.2, 0.25) is 5.02 Å². The summed E-state index contributed by atoms with van der Waals surface area (Å²) in [6.07, 6.45) is 0. The molecule has 2 N–H and O–H groups in total. The third kappa shape index (κ3) is 3.12. The van der Waals surface area contributed by atoms with Gasteiger partial charge in [-0.1, -0.05) is 11.6 Å². The van der Waals surface area contributed by atoms with E-state index in [0.29, 0.717) is 22.7 Å². The summed E-state index contributed by atoms with van der Waals surface area (Å²) in [4.78, 5) is 0. The van der Waals surface area contributed by atoms with E-state index in [0.717, 1.165) is 0 Å². The lowest BCUT2D eigenvalue weighted by atomic mass is 10.2. The quantitative estimate of drug-likeness (QED) is 0.834. The Morgan fingerprint density at radius 1 is 1.00 bits per heavy atom. The molecule has 0 unspecified atom stereocenters. The maximum Gasteiger partial charge on any atom is 0.161 e. The Morgan fingerprint density at radius 3 is 2.42 bits per heavy atom. The first-order valence-corrected chi connectivity index (χ1v) is 5.71. The molecule has 6 heteroatoms. The highest BCUT2D eigenvalue weighted by Crippen LogP contribution is 2.24. The molecule has 0 spiro atoms. The van der Waals surface area contributed by atoms with Crippen LogP contribution in [0.25, 0.3) is 0 Å². The molecule has 2 aromatic rings. The van der Waals surface area contributed by atoms with Gasteiger partial charge in [-0.2, -0.15) is 0 Å². The van der Waals surface area contributed by atoms with Crippen LogP contribution in [0.1, 0.15) is 5.56 Å². The molecule has 100 valence electrons. The van der Waals surface area contributed by atoms with E-state index in [2.05, 4.69) is 5.32 Å². The zero-order valence-electron chi connectivity index (χ0n) is 9.55. The average Bonchev–Trinajstić information content (AvgIpc) is 2.36. The van der Waals surface area contributed by atoms with Crippen LogP contribution in [0.15, 0.2) is 30.3 Å². The molecule has 0 aromatic heterocycles. The molecule has 0 saturated carbocycles. The number of hydrogen-bond donors (Lipinski definition) is 2. The van der Waals surface area contributed by atoms with Crippen molar-refractivity contribution in [3.63, 3.8) is 0 Å². The van der Waals surface area contributed by atoms with Gasteiger partial charge in [0.15, 0.2) is 11.6 Å². The van der Waals surface area contributed by atoms with Gasteiger partial charge < -0.3 is 10.4 Å². The number of hydrogen-bond acceptors (Lipinski definition) is 2. The summed E-state index contributed by atoms with van der Waals surface area (Å²) in [7, 11) is 0. The zero-order valence-corrected chi connectivity index (χ0v) is 10.3. The van der Waals surface area contributed by atoms with E-state index in [1.54, 1.807) is 0 Å². The van der Waals surface area contributed by atoms with Crippen molar-refractivity contribution in [3.05, 3.63) is 58.4 Å². The Bertz CT molecular complexity index is 619. The van der Waals surface area contributed by atoms with Gasteiger partial charge in [0.1, 0.15) is 11.6 Å². The van der Waals surface area contributed by atoms with Crippen LogP contribution < -0.4 is 5.32 Å². The van der Waals surface area contributed by atoms with Crippen molar-refractivity contribution in [1.82, 2.24) is 0 Å². The number of anilines is 1. The van der Waals surface area contributed by atoms with Crippen LogP contribution in [0, 0.1) is 17.5 Å². The van der Waals surface area contributed by atoms with E-state index < -0.39 is 17.5 Å². The van der Waals surface area contributed by atoms with E-state index in [-0.39, 0.29) is 18.0 Å². The second kappa shape index (κ2) is 5.40. The maximum atomic E-state index is 13.4. The summed E-state index contributed by atoms with van der Waals surface area (Å²) < 4.78 is 39.1. The Morgan fingerprint density at radius 2 is 1.68 bits per heavy atom. The van der Waals surface area contributed by atoms with Crippen LogP contribution in [0.5, 0.6) is 5.75 Å². The fraction of sp³-hybridized carbons (Fsp3) is 0.0769. The topological polar surface area (TPSA) is 32.3 Å². The van der Waals surface area contributed by atoms with Crippen LogP contribution >= 0.6 is 11.6 Å². The molecule has 0 saturated heterocycles. The van der Waals surface area contributed by atoms with Gasteiger partial charge in [0, 0.05) is 29.3 Å². The predicted molar refractivity (Wildman–Crippen MR) is 66.8 cm³/mol. The molecular weight excluding hydrogens is 279 g/mol. The minimum absolute atomic E-state index is 0.0222. The van der Waals surface area contributed by atoms with Crippen molar-refractivity contribution in [2.75, 3.05) is 5.32 Å². The lowest BCUT2D eigenvalue weighted by Gasteiger charge is -2.10. The zero-order chi connectivity index (χ0) is 14.0. The summed E-state index contributed by atoms with van der Waals surface area (Å²) >= 11 is 5.75. The molecule has 19 heavy (non-hydrogen) atoms. The minimum Gasteiger partial charge on any atom is -0.508 e. The number of phenols is 1. The first-order valence-electron chi connectivity index (χ1n) is 5.33. The molecule has 0 amide bonds. The smallest absolute Gasteiger partial charge is 0.161 e. The van der Waals surface area contributed by atoms with Gasteiger partial charge in [0.05, 0.1) is 5.69 Å². The van der Waals surface area contributed by atoms with Crippen molar-refractivity contribution in [3.8, 4) is 5.75 Å². The first-order chi connectivity index (χ1) is 8.97. The number of benzene rings is 2. The summed E-state index contributed by atoms with van der Waals surface area (Å²) in [5.41, 5.74) is 0.218. The second-order valence-corrected chi connectivity index (χ2v) is 4.31. The normalized spacial score (nSPS) is 10.5. The highest BCUT2D eigenvalue weighted by atomic mass is 35.5. The molecule has 0 aliphatic carbocycles. The predicted octanol–water partition coefficient (Wildman–Crippen LogP) is 4.08. The van der Waals surface area contributed by atoms with Crippen molar-refractivity contribution in [1.29, 1.82) is 0 Å². The SMILES string of the molecule is Oc1ccc(Cl)cc1CNc1cc(F)c(F)cc1F. The van der Waals surface area contributed by atoms with Crippen molar-refractivity contribution >= 4 is 17.3 Å². The van der Waals surface area contributed by atoms with E-state index in [1.807, 2.05) is 0 Å². The van der Waals surface area contributed by atoms with E-state index in [1.165, 1.54) is 18.2 Å². The van der Waals surface area contributed by atoms with Gasteiger partial charge in [-0.25, -0.2) is 13.2 Å². The van der Waals surface area contributed by atoms with Crippen LogP contribution in [0.3, 0.4) is 0 Å². The van der Waals surface area contributed by atoms with Gasteiger partial charge in [-0.15, -0.1) is 0 Å². The Labute approximate surface area is 112 Å². The van der Waals surface area contributed by atoms with E-state index >= 15 is 0 Å². The second-order valence-electron chi connectivity index (χ2n) is 3.87. The molecule has 2 nitrogen and oxygen atoms in total. The number of phenolic OH excluding ortho intramolecular Hbond substituents is 1. The third-order valence-electron chi connectivity index (χ3n) is 2.52. The summed E-state index contributed by atoms with van der Waals surface area (Å²) in [5.74, 6) is -3.35. The van der Waals surface area contributed by atoms with Crippen LogP contribution in [0.4, 0.5) is 18.9 Å². The van der Waals surface area contributed by atoms with E-state index in [9.17, 15) is 18.3 Å². The van der Waals surface area contributed by atoms with Crippen molar-refractivity contribution < 1.29 is 18.3 Å². The number of aromatic hydroxyl groups is 1. The lowest BCUT2D eigenvalue weighted by molar-refractivity contribution is 0.469. The van der Waals surface area contributed by atoms with Gasteiger partial charge in [-0.3, -0.25) is 0 Å². The Balaban J connectivity index is 2.19. The number of nitrogens with one attached hydrogen (secondary N) is 1. The third-order valence-corrected chi connectivity index (χ3v) is 2.76.